The Hall–Kier alpha value is -1.52. The predicted molar refractivity (Wildman–Crippen MR) is 135 cm³/mol. The molecule has 0 spiro atoms. The highest BCUT2D eigenvalue weighted by Gasteiger charge is 2.44. The second kappa shape index (κ2) is 11.2. The van der Waals surface area contributed by atoms with E-state index in [1.165, 1.54) is 46.9 Å². The minimum atomic E-state index is -0.132. The Kier molecular flexibility index (Phi) is 9.90. The van der Waals surface area contributed by atoms with Crippen LogP contribution in [0.4, 0.5) is 0 Å². The maximum absolute atomic E-state index is 6.66. The molecule has 1 aromatic heterocycles. The van der Waals surface area contributed by atoms with Crippen molar-refractivity contribution in [1.82, 2.24) is 4.98 Å². The zero-order valence-electron chi connectivity index (χ0n) is 18.4. The largest absolute Gasteiger partial charge is 0.361 e. The second-order valence-corrected chi connectivity index (χ2v) is 8.83. The van der Waals surface area contributed by atoms with E-state index in [2.05, 4.69) is 80.5 Å². The van der Waals surface area contributed by atoms with Crippen LogP contribution in [-0.4, -0.2) is 11.5 Å². The predicted octanol–water partition coefficient (Wildman–Crippen LogP) is 6.26. The monoisotopic (exact) mass is 449 g/mol. The number of H-pyrrole nitrogens is 1. The van der Waals surface area contributed by atoms with Crippen molar-refractivity contribution in [2.45, 2.75) is 58.4 Å². The summed E-state index contributed by atoms with van der Waals surface area (Å²) < 4.78 is 0. The molecule has 5 N–H and O–H groups in total. The van der Waals surface area contributed by atoms with Gasteiger partial charge in [-0.1, -0.05) is 68.7 Å². The number of aryl methyl sites for hydroxylation is 1. The number of halogens is 2. The first-order valence-corrected chi connectivity index (χ1v) is 10.5. The molecule has 1 heterocycles. The number of benzene rings is 2. The SMILES string of the molecule is CC1(C)CCCCC1(N)c1ccccc1.Cc1ccc2[nH]cc(CCN)c2c1.Cl.Cl. The molecule has 1 atom stereocenters. The molecule has 1 unspecified atom stereocenters. The summed E-state index contributed by atoms with van der Waals surface area (Å²) in [4.78, 5) is 3.24. The van der Waals surface area contributed by atoms with Crippen molar-refractivity contribution >= 4 is 35.7 Å². The molecule has 2 aromatic carbocycles. The van der Waals surface area contributed by atoms with Crippen LogP contribution >= 0.6 is 24.8 Å². The van der Waals surface area contributed by atoms with Gasteiger partial charge in [0, 0.05) is 22.6 Å². The molecule has 1 saturated carbocycles. The molecular weight excluding hydrogens is 413 g/mol. The summed E-state index contributed by atoms with van der Waals surface area (Å²) in [6, 6.07) is 17.0. The van der Waals surface area contributed by atoms with Gasteiger partial charge in [-0.2, -0.15) is 0 Å². The second-order valence-electron chi connectivity index (χ2n) is 8.83. The first-order chi connectivity index (χ1) is 13.4. The molecule has 1 fully saturated rings. The Morgan fingerprint density at radius 1 is 0.967 bits per heavy atom. The number of hydrogen-bond donors (Lipinski definition) is 3. The lowest BCUT2D eigenvalue weighted by Gasteiger charge is -2.48. The van der Waals surface area contributed by atoms with Gasteiger partial charge in [0.15, 0.2) is 0 Å². The molecule has 1 aliphatic carbocycles. The summed E-state index contributed by atoms with van der Waals surface area (Å²) in [6.45, 7) is 7.43. The highest BCUT2D eigenvalue weighted by Crippen LogP contribution is 2.48. The molecule has 30 heavy (non-hydrogen) atoms. The number of rotatable bonds is 3. The van der Waals surface area contributed by atoms with E-state index in [1.54, 1.807) is 0 Å². The van der Waals surface area contributed by atoms with Crippen LogP contribution < -0.4 is 11.5 Å². The fraction of sp³-hybridized carbons (Fsp3) is 0.440. The number of aromatic nitrogens is 1. The summed E-state index contributed by atoms with van der Waals surface area (Å²) in [5, 5.41) is 1.31. The van der Waals surface area contributed by atoms with Gasteiger partial charge in [-0.3, -0.25) is 0 Å². The number of hydrogen-bond acceptors (Lipinski definition) is 2. The maximum Gasteiger partial charge on any atom is 0.0461 e. The Morgan fingerprint density at radius 2 is 1.63 bits per heavy atom. The minimum Gasteiger partial charge on any atom is -0.361 e. The van der Waals surface area contributed by atoms with Crippen LogP contribution in [0.25, 0.3) is 10.9 Å². The van der Waals surface area contributed by atoms with Crippen LogP contribution in [0, 0.1) is 12.3 Å². The Bertz CT molecular complexity index is 905. The molecule has 1 aliphatic rings. The third kappa shape index (κ3) is 5.59. The zero-order valence-corrected chi connectivity index (χ0v) is 20.0. The molecule has 0 radical (unpaired) electrons. The molecular formula is C25H37Cl2N3. The van der Waals surface area contributed by atoms with Crippen molar-refractivity contribution < 1.29 is 0 Å². The van der Waals surface area contributed by atoms with Crippen molar-refractivity contribution in [2.75, 3.05) is 6.54 Å². The third-order valence-corrected chi connectivity index (χ3v) is 6.46. The Morgan fingerprint density at radius 3 is 2.27 bits per heavy atom. The summed E-state index contributed by atoms with van der Waals surface area (Å²) in [5.41, 5.74) is 17.4. The van der Waals surface area contributed by atoms with Gasteiger partial charge in [-0.25, -0.2) is 0 Å². The van der Waals surface area contributed by atoms with Crippen LogP contribution in [0.2, 0.25) is 0 Å². The molecule has 3 nitrogen and oxygen atoms in total. The molecule has 0 aliphatic heterocycles. The first kappa shape index (κ1) is 26.5. The van der Waals surface area contributed by atoms with Gasteiger partial charge in [0.1, 0.15) is 0 Å². The lowest BCUT2D eigenvalue weighted by atomic mass is 9.61. The maximum atomic E-state index is 6.66. The lowest BCUT2D eigenvalue weighted by Crippen LogP contribution is -2.51. The first-order valence-electron chi connectivity index (χ1n) is 10.5. The van der Waals surface area contributed by atoms with Gasteiger partial charge in [-0.05, 0) is 61.4 Å². The van der Waals surface area contributed by atoms with Crippen LogP contribution in [0.1, 0.15) is 56.2 Å². The van der Waals surface area contributed by atoms with Crippen molar-refractivity contribution in [3.63, 3.8) is 0 Å². The highest BCUT2D eigenvalue weighted by molar-refractivity contribution is 5.85. The lowest BCUT2D eigenvalue weighted by molar-refractivity contribution is 0.0978. The summed E-state index contributed by atoms with van der Waals surface area (Å²) >= 11 is 0. The van der Waals surface area contributed by atoms with Gasteiger partial charge in [0.25, 0.3) is 0 Å². The van der Waals surface area contributed by atoms with Crippen LogP contribution in [-0.2, 0) is 12.0 Å². The number of fused-ring (bicyclic) bond motifs is 1. The summed E-state index contributed by atoms with van der Waals surface area (Å²) in [6.07, 6.45) is 7.93. The van der Waals surface area contributed by atoms with Crippen molar-refractivity contribution in [3.8, 4) is 0 Å². The third-order valence-electron chi connectivity index (χ3n) is 6.46. The van der Waals surface area contributed by atoms with Gasteiger partial charge >= 0.3 is 0 Å². The smallest absolute Gasteiger partial charge is 0.0461 e. The van der Waals surface area contributed by atoms with Crippen molar-refractivity contribution in [2.24, 2.45) is 16.9 Å². The molecule has 0 bridgehead atoms. The fourth-order valence-electron chi connectivity index (χ4n) is 4.46. The summed E-state index contributed by atoms with van der Waals surface area (Å²) in [5.74, 6) is 0. The average molecular weight is 450 g/mol. The van der Waals surface area contributed by atoms with Gasteiger partial charge in [0.05, 0.1) is 0 Å². The number of nitrogens with two attached hydrogens (primary N) is 2. The van der Waals surface area contributed by atoms with E-state index in [9.17, 15) is 0 Å². The Labute approximate surface area is 193 Å². The Balaban J connectivity index is 0.000000284. The molecule has 166 valence electrons. The average Bonchev–Trinajstić information content (AvgIpc) is 3.08. The topological polar surface area (TPSA) is 67.8 Å². The molecule has 0 saturated heterocycles. The normalized spacial score (nSPS) is 19.8. The van der Waals surface area contributed by atoms with Gasteiger partial charge in [-0.15, -0.1) is 24.8 Å². The van der Waals surface area contributed by atoms with Gasteiger partial charge in [0.2, 0.25) is 0 Å². The summed E-state index contributed by atoms with van der Waals surface area (Å²) in [7, 11) is 0. The van der Waals surface area contributed by atoms with Crippen molar-refractivity contribution in [1.29, 1.82) is 0 Å². The van der Waals surface area contributed by atoms with Crippen molar-refractivity contribution in [3.05, 3.63) is 71.4 Å². The quantitative estimate of drug-likeness (QED) is 0.441. The van der Waals surface area contributed by atoms with Crippen LogP contribution in [0.15, 0.2) is 54.7 Å². The van der Waals surface area contributed by atoms with Crippen LogP contribution in [0.3, 0.4) is 0 Å². The number of nitrogens with one attached hydrogen (secondary N) is 1. The van der Waals surface area contributed by atoms with E-state index in [4.69, 9.17) is 11.5 Å². The number of aromatic amines is 1. The standard InChI is InChI=1S/C14H21N.C11H14N2.2ClH/c1-13(2)10-6-7-11-14(13,15)12-8-4-3-5-9-12;1-8-2-3-11-10(6-8)9(4-5-12)7-13-11;;/h3-5,8-9H,6-7,10-11,15H2,1-2H3;2-3,6-7,13H,4-5,12H2,1H3;2*1H. The molecule has 3 aromatic rings. The van der Waals surface area contributed by atoms with E-state index in [0.717, 1.165) is 12.8 Å². The highest BCUT2D eigenvalue weighted by atomic mass is 35.5. The van der Waals surface area contributed by atoms with E-state index in [0.29, 0.717) is 6.54 Å². The van der Waals surface area contributed by atoms with E-state index in [-0.39, 0.29) is 35.8 Å². The zero-order chi connectivity index (χ0) is 20.2. The van der Waals surface area contributed by atoms with E-state index < -0.39 is 0 Å². The van der Waals surface area contributed by atoms with Crippen LogP contribution in [0.5, 0.6) is 0 Å². The molecule has 4 rings (SSSR count). The molecule has 0 amide bonds. The van der Waals surface area contributed by atoms with E-state index in [1.807, 2.05) is 0 Å². The van der Waals surface area contributed by atoms with E-state index >= 15 is 0 Å². The van der Waals surface area contributed by atoms with Gasteiger partial charge < -0.3 is 16.5 Å². The molecule has 5 heteroatoms. The minimum absolute atomic E-state index is 0. The fourth-order valence-corrected chi connectivity index (χ4v) is 4.46.